The summed E-state index contributed by atoms with van der Waals surface area (Å²) in [6.07, 6.45) is -3.39. The van der Waals surface area contributed by atoms with Gasteiger partial charge in [-0.2, -0.15) is 13.2 Å². The maximum atomic E-state index is 12.2. The van der Waals surface area contributed by atoms with Crippen molar-refractivity contribution in [1.82, 2.24) is 9.97 Å². The standard InChI is InChI=1S/C9H12F3N3/c1-6(2)5-14-7-3-4-13-8(15-7)9(10,11)12/h3-4,6H,5H2,1-2H3,(H,13,14,15). The van der Waals surface area contributed by atoms with Gasteiger partial charge in [0.05, 0.1) is 0 Å². The van der Waals surface area contributed by atoms with Gasteiger partial charge in [0.2, 0.25) is 5.82 Å². The Morgan fingerprint density at radius 2 is 2.07 bits per heavy atom. The first-order valence-corrected chi connectivity index (χ1v) is 4.53. The molecule has 6 heteroatoms. The Balaban J connectivity index is 2.75. The molecule has 0 fully saturated rings. The topological polar surface area (TPSA) is 37.8 Å². The first kappa shape index (κ1) is 11.7. The van der Waals surface area contributed by atoms with Crippen molar-refractivity contribution < 1.29 is 13.2 Å². The van der Waals surface area contributed by atoms with Crippen LogP contribution < -0.4 is 5.32 Å². The SMILES string of the molecule is CC(C)CNc1ccnc(C(F)(F)F)n1. The van der Waals surface area contributed by atoms with Crippen LogP contribution in [0.1, 0.15) is 19.7 Å². The number of anilines is 1. The molecule has 0 aliphatic rings. The predicted molar refractivity (Wildman–Crippen MR) is 50.4 cm³/mol. The van der Waals surface area contributed by atoms with E-state index in [0.717, 1.165) is 6.20 Å². The second-order valence-electron chi connectivity index (χ2n) is 3.54. The molecule has 3 nitrogen and oxygen atoms in total. The van der Waals surface area contributed by atoms with Crippen LogP contribution >= 0.6 is 0 Å². The minimum absolute atomic E-state index is 0.200. The fourth-order valence-electron chi connectivity index (χ4n) is 0.902. The van der Waals surface area contributed by atoms with Gasteiger partial charge in [-0.15, -0.1) is 0 Å². The van der Waals surface area contributed by atoms with E-state index in [-0.39, 0.29) is 5.82 Å². The third kappa shape index (κ3) is 3.73. The van der Waals surface area contributed by atoms with Crippen molar-refractivity contribution in [3.05, 3.63) is 18.1 Å². The van der Waals surface area contributed by atoms with Crippen molar-refractivity contribution in [2.75, 3.05) is 11.9 Å². The second kappa shape index (κ2) is 4.46. The van der Waals surface area contributed by atoms with Crippen molar-refractivity contribution in [2.45, 2.75) is 20.0 Å². The molecular weight excluding hydrogens is 207 g/mol. The van der Waals surface area contributed by atoms with Crippen molar-refractivity contribution in [3.63, 3.8) is 0 Å². The molecule has 0 amide bonds. The zero-order valence-electron chi connectivity index (χ0n) is 8.47. The van der Waals surface area contributed by atoms with Gasteiger partial charge in [-0.25, -0.2) is 9.97 Å². The highest BCUT2D eigenvalue weighted by Crippen LogP contribution is 2.26. The van der Waals surface area contributed by atoms with Gasteiger partial charge in [0.1, 0.15) is 5.82 Å². The molecule has 0 spiro atoms. The first-order valence-electron chi connectivity index (χ1n) is 4.53. The monoisotopic (exact) mass is 219 g/mol. The molecule has 15 heavy (non-hydrogen) atoms. The van der Waals surface area contributed by atoms with Crippen molar-refractivity contribution in [2.24, 2.45) is 5.92 Å². The van der Waals surface area contributed by atoms with E-state index in [1.54, 1.807) is 0 Å². The van der Waals surface area contributed by atoms with Crippen LogP contribution in [0.15, 0.2) is 12.3 Å². The van der Waals surface area contributed by atoms with Gasteiger partial charge in [-0.05, 0) is 12.0 Å². The van der Waals surface area contributed by atoms with E-state index in [2.05, 4.69) is 15.3 Å². The maximum Gasteiger partial charge on any atom is 0.451 e. The van der Waals surface area contributed by atoms with Crippen LogP contribution in [-0.4, -0.2) is 16.5 Å². The highest BCUT2D eigenvalue weighted by molar-refractivity contribution is 5.33. The molecule has 1 heterocycles. The molecule has 0 atom stereocenters. The van der Waals surface area contributed by atoms with Crippen LogP contribution in [0.4, 0.5) is 19.0 Å². The van der Waals surface area contributed by atoms with Gasteiger partial charge in [0, 0.05) is 12.7 Å². The van der Waals surface area contributed by atoms with Crippen LogP contribution in [-0.2, 0) is 6.18 Å². The Morgan fingerprint density at radius 3 is 2.60 bits per heavy atom. The summed E-state index contributed by atoms with van der Waals surface area (Å²) in [5.74, 6) is -0.573. The highest BCUT2D eigenvalue weighted by Gasteiger charge is 2.34. The number of aromatic nitrogens is 2. The molecule has 84 valence electrons. The predicted octanol–water partition coefficient (Wildman–Crippen LogP) is 2.56. The molecule has 1 rings (SSSR count). The van der Waals surface area contributed by atoms with E-state index >= 15 is 0 Å². The average Bonchev–Trinajstić information content (AvgIpc) is 2.14. The Hall–Kier alpha value is -1.33. The van der Waals surface area contributed by atoms with Crippen molar-refractivity contribution in [3.8, 4) is 0 Å². The molecule has 0 unspecified atom stereocenters. The lowest BCUT2D eigenvalue weighted by Crippen LogP contribution is -2.14. The Morgan fingerprint density at radius 1 is 1.40 bits per heavy atom. The van der Waals surface area contributed by atoms with E-state index in [0.29, 0.717) is 12.5 Å². The van der Waals surface area contributed by atoms with E-state index in [9.17, 15) is 13.2 Å². The minimum atomic E-state index is -4.49. The van der Waals surface area contributed by atoms with E-state index in [4.69, 9.17) is 0 Å². The Bertz CT molecular complexity index is 323. The zero-order chi connectivity index (χ0) is 11.5. The van der Waals surface area contributed by atoms with Gasteiger partial charge in [0.15, 0.2) is 0 Å². The molecule has 1 aromatic heterocycles. The van der Waals surface area contributed by atoms with Crippen LogP contribution in [0.3, 0.4) is 0 Å². The Kier molecular flexibility index (Phi) is 3.49. The Labute approximate surface area is 85.7 Å². The number of hydrogen-bond donors (Lipinski definition) is 1. The third-order valence-electron chi connectivity index (χ3n) is 1.60. The van der Waals surface area contributed by atoms with Gasteiger partial charge in [-0.1, -0.05) is 13.8 Å². The fourth-order valence-corrected chi connectivity index (χ4v) is 0.902. The second-order valence-corrected chi connectivity index (χ2v) is 3.54. The van der Waals surface area contributed by atoms with Gasteiger partial charge < -0.3 is 5.32 Å². The van der Waals surface area contributed by atoms with E-state index in [1.807, 2.05) is 13.8 Å². The lowest BCUT2D eigenvalue weighted by atomic mass is 10.2. The number of alkyl halides is 3. The third-order valence-corrected chi connectivity index (χ3v) is 1.60. The summed E-state index contributed by atoms with van der Waals surface area (Å²) in [6, 6.07) is 1.41. The largest absolute Gasteiger partial charge is 0.451 e. The van der Waals surface area contributed by atoms with E-state index in [1.165, 1.54) is 6.07 Å². The summed E-state index contributed by atoms with van der Waals surface area (Å²) < 4.78 is 36.6. The van der Waals surface area contributed by atoms with Crippen LogP contribution in [0.25, 0.3) is 0 Å². The summed E-state index contributed by atoms with van der Waals surface area (Å²) in [6.45, 7) is 4.49. The van der Waals surface area contributed by atoms with Gasteiger partial charge >= 0.3 is 6.18 Å². The van der Waals surface area contributed by atoms with Crippen LogP contribution in [0.5, 0.6) is 0 Å². The molecule has 1 N–H and O–H groups in total. The molecule has 0 saturated heterocycles. The number of halogens is 3. The summed E-state index contributed by atoms with van der Waals surface area (Å²) in [4.78, 5) is 6.53. The summed E-state index contributed by atoms with van der Waals surface area (Å²) >= 11 is 0. The molecular formula is C9H12F3N3. The van der Waals surface area contributed by atoms with Gasteiger partial charge in [-0.3, -0.25) is 0 Å². The molecule has 0 aliphatic heterocycles. The molecule has 0 aliphatic carbocycles. The maximum absolute atomic E-state index is 12.2. The van der Waals surface area contributed by atoms with Crippen LogP contribution in [0.2, 0.25) is 0 Å². The summed E-state index contributed by atoms with van der Waals surface area (Å²) in [5, 5.41) is 2.81. The lowest BCUT2D eigenvalue weighted by molar-refractivity contribution is -0.144. The normalized spacial score (nSPS) is 11.9. The molecule has 0 saturated carbocycles. The quantitative estimate of drug-likeness (QED) is 0.848. The zero-order valence-corrected chi connectivity index (χ0v) is 8.47. The smallest absolute Gasteiger partial charge is 0.370 e. The fraction of sp³-hybridized carbons (Fsp3) is 0.556. The number of nitrogens with zero attached hydrogens (tertiary/aromatic N) is 2. The summed E-state index contributed by atoms with van der Waals surface area (Å²) in [7, 11) is 0. The molecule has 0 radical (unpaired) electrons. The van der Waals surface area contributed by atoms with Crippen molar-refractivity contribution >= 4 is 5.82 Å². The number of hydrogen-bond acceptors (Lipinski definition) is 3. The lowest BCUT2D eigenvalue weighted by Gasteiger charge is -2.09. The average molecular weight is 219 g/mol. The summed E-state index contributed by atoms with van der Waals surface area (Å²) in [5.41, 5.74) is 0. The van der Waals surface area contributed by atoms with E-state index < -0.39 is 12.0 Å². The molecule has 0 aromatic carbocycles. The minimum Gasteiger partial charge on any atom is -0.370 e. The molecule has 1 aromatic rings. The highest BCUT2D eigenvalue weighted by atomic mass is 19.4. The number of rotatable bonds is 3. The van der Waals surface area contributed by atoms with Crippen LogP contribution in [0, 0.1) is 5.92 Å². The van der Waals surface area contributed by atoms with Gasteiger partial charge in [0.25, 0.3) is 0 Å². The van der Waals surface area contributed by atoms with Crippen molar-refractivity contribution in [1.29, 1.82) is 0 Å². The molecule has 0 bridgehead atoms. The first-order chi connectivity index (χ1) is 6.89. The number of nitrogens with one attached hydrogen (secondary N) is 1.